The topological polar surface area (TPSA) is 28.7 Å². The van der Waals surface area contributed by atoms with Crippen molar-refractivity contribution >= 4 is 7.25 Å². The van der Waals surface area contributed by atoms with E-state index in [2.05, 4.69) is 10.2 Å². The van der Waals surface area contributed by atoms with Crippen LogP contribution in [0.3, 0.4) is 0 Å². The van der Waals surface area contributed by atoms with Crippen LogP contribution in [0.5, 0.6) is 0 Å². The zero-order chi connectivity index (χ0) is 8.04. The molecule has 0 amide bonds. The van der Waals surface area contributed by atoms with Gasteiger partial charge in [-0.1, -0.05) is 0 Å². The normalized spacial score (nSPS) is 10.0. The number of nitrogens with zero attached hydrogens (tertiary/aromatic N) is 1. The van der Waals surface area contributed by atoms with Crippen molar-refractivity contribution in [1.29, 1.82) is 0 Å². The van der Waals surface area contributed by atoms with Gasteiger partial charge in [-0.15, -0.1) is 0 Å². The third-order valence-corrected chi connectivity index (χ3v) is 0.406. The van der Waals surface area contributed by atoms with Crippen LogP contribution in [0.1, 0.15) is 0 Å². The molecule has 0 bridgehead atoms. The minimum Gasteiger partial charge on any atom is -0.418 e. The largest absolute Gasteiger partial charge is 0.673 e. The van der Waals surface area contributed by atoms with Crippen LogP contribution in [-0.2, 0) is 0 Å². The van der Waals surface area contributed by atoms with Gasteiger partial charge in [-0.25, -0.2) is 0 Å². The highest BCUT2D eigenvalue weighted by Gasteiger charge is 2.20. The molecular weight excluding hydrogens is 151 g/mol. The van der Waals surface area contributed by atoms with Crippen molar-refractivity contribution in [1.82, 2.24) is 10.2 Å². The Morgan fingerprint density at radius 3 is 1.80 bits per heavy atom. The Hall–Kier alpha value is -1.01. The summed E-state index contributed by atoms with van der Waals surface area (Å²) in [4.78, 5) is 0. The molecule has 1 aromatic rings. The van der Waals surface area contributed by atoms with Gasteiger partial charge in [0.05, 0.1) is 0 Å². The van der Waals surface area contributed by atoms with E-state index in [0.29, 0.717) is 0 Å². The molecule has 0 spiro atoms. The quantitative estimate of drug-likeness (QED) is 0.448. The molecule has 0 fully saturated rings. The minimum atomic E-state index is -6.00. The first-order valence-corrected chi connectivity index (χ1v) is 2.31. The Bertz CT molecular complexity index is 125. The minimum absolute atomic E-state index is 1.69. The predicted molar refractivity (Wildman–Crippen MR) is 28.8 cm³/mol. The maximum Gasteiger partial charge on any atom is 0.673 e. The molecule has 0 aliphatic heterocycles. The zero-order valence-electron chi connectivity index (χ0n) is 4.77. The van der Waals surface area contributed by atoms with E-state index in [9.17, 15) is 17.3 Å². The van der Waals surface area contributed by atoms with E-state index in [1.165, 1.54) is 0 Å². The van der Waals surface area contributed by atoms with Gasteiger partial charge in [-0.2, -0.15) is 5.10 Å². The Morgan fingerprint density at radius 1 is 1.20 bits per heavy atom. The van der Waals surface area contributed by atoms with E-state index in [-0.39, 0.29) is 0 Å². The van der Waals surface area contributed by atoms with Gasteiger partial charge in [-0.3, -0.25) is 5.10 Å². The molecule has 0 aromatic carbocycles. The second-order valence-corrected chi connectivity index (χ2v) is 1.26. The molecule has 58 valence electrons. The molecule has 0 saturated carbocycles. The van der Waals surface area contributed by atoms with Gasteiger partial charge in [0.15, 0.2) is 0 Å². The standard InChI is InChI=1S/C3H4N2.BF4/c1-2-4-5-3-1;2-1(3,4)5/h1-3H,(H,4,5);/q;-1. The van der Waals surface area contributed by atoms with E-state index in [1.54, 1.807) is 12.4 Å². The van der Waals surface area contributed by atoms with Gasteiger partial charge in [0, 0.05) is 12.4 Å². The number of hydrogen-bond donors (Lipinski definition) is 1. The number of rotatable bonds is 0. The van der Waals surface area contributed by atoms with Crippen LogP contribution in [-0.4, -0.2) is 17.5 Å². The Morgan fingerprint density at radius 2 is 1.70 bits per heavy atom. The van der Waals surface area contributed by atoms with Crippen molar-refractivity contribution < 1.29 is 17.3 Å². The highest BCUT2D eigenvalue weighted by atomic mass is 19.5. The molecule has 1 rings (SSSR count). The van der Waals surface area contributed by atoms with Gasteiger partial charge in [-0.05, 0) is 6.07 Å². The Kier molecular flexibility index (Phi) is 3.52. The lowest BCUT2D eigenvalue weighted by Gasteiger charge is -1.94. The number of hydrogen-bond acceptors (Lipinski definition) is 1. The smallest absolute Gasteiger partial charge is 0.418 e. The molecule has 0 saturated heterocycles. The summed E-state index contributed by atoms with van der Waals surface area (Å²) in [6, 6.07) is 1.83. The van der Waals surface area contributed by atoms with Crippen molar-refractivity contribution in [2.24, 2.45) is 0 Å². The van der Waals surface area contributed by atoms with Crippen LogP contribution in [0, 0.1) is 0 Å². The Balaban J connectivity index is 0.000000162. The molecule has 0 aliphatic rings. The predicted octanol–water partition coefficient (Wildman–Crippen LogP) is 1.71. The van der Waals surface area contributed by atoms with Gasteiger partial charge in [0.1, 0.15) is 0 Å². The highest BCUT2D eigenvalue weighted by Crippen LogP contribution is 2.06. The van der Waals surface area contributed by atoms with E-state index in [1.807, 2.05) is 6.07 Å². The number of halogens is 4. The van der Waals surface area contributed by atoms with Crippen LogP contribution in [0.25, 0.3) is 0 Å². The fourth-order valence-electron chi connectivity index (χ4n) is 0.215. The van der Waals surface area contributed by atoms with Gasteiger partial charge >= 0.3 is 7.25 Å². The van der Waals surface area contributed by atoms with E-state index in [4.69, 9.17) is 0 Å². The first-order valence-electron chi connectivity index (χ1n) is 2.31. The molecule has 0 aliphatic carbocycles. The average molecular weight is 155 g/mol. The van der Waals surface area contributed by atoms with Gasteiger partial charge in [0.2, 0.25) is 0 Å². The second-order valence-electron chi connectivity index (χ2n) is 1.26. The van der Waals surface area contributed by atoms with Crippen molar-refractivity contribution in [3.63, 3.8) is 0 Å². The summed E-state index contributed by atoms with van der Waals surface area (Å²) in [5, 5.41) is 6.21. The number of aromatic nitrogens is 2. The van der Waals surface area contributed by atoms with Crippen LogP contribution in [0.2, 0.25) is 0 Å². The first kappa shape index (κ1) is 8.99. The molecule has 0 unspecified atom stereocenters. The lowest BCUT2D eigenvalue weighted by Crippen LogP contribution is -2.02. The average Bonchev–Trinajstić information content (AvgIpc) is 2.07. The summed E-state index contributed by atoms with van der Waals surface area (Å²) in [6.45, 7) is 0. The van der Waals surface area contributed by atoms with Crippen LogP contribution < -0.4 is 0 Å². The van der Waals surface area contributed by atoms with Crippen molar-refractivity contribution in [2.45, 2.75) is 0 Å². The SMILES string of the molecule is F[B-](F)(F)F.c1cn[nH]c1. The third kappa shape index (κ3) is 15.8. The summed E-state index contributed by atoms with van der Waals surface area (Å²) in [5.41, 5.74) is 0. The monoisotopic (exact) mass is 155 g/mol. The Labute approximate surface area is 54.4 Å². The molecule has 2 nitrogen and oxygen atoms in total. The molecule has 1 heterocycles. The molecule has 1 aromatic heterocycles. The molecule has 10 heavy (non-hydrogen) atoms. The van der Waals surface area contributed by atoms with Gasteiger partial charge < -0.3 is 17.3 Å². The maximum atomic E-state index is 9.75. The van der Waals surface area contributed by atoms with Crippen LogP contribution in [0.15, 0.2) is 18.5 Å². The fourth-order valence-corrected chi connectivity index (χ4v) is 0.215. The zero-order valence-corrected chi connectivity index (χ0v) is 4.77. The number of nitrogens with one attached hydrogen (secondary N) is 1. The molecule has 0 radical (unpaired) electrons. The molecule has 7 heteroatoms. The van der Waals surface area contributed by atoms with Crippen LogP contribution in [0.4, 0.5) is 17.3 Å². The lowest BCUT2D eigenvalue weighted by molar-refractivity contribution is 0.368. The highest BCUT2D eigenvalue weighted by molar-refractivity contribution is 6.50. The number of H-pyrrole nitrogens is 1. The third-order valence-electron chi connectivity index (χ3n) is 0.406. The summed E-state index contributed by atoms with van der Waals surface area (Å²) in [7, 11) is -6.00. The van der Waals surface area contributed by atoms with Crippen LogP contribution >= 0.6 is 0 Å². The fraction of sp³-hybridized carbons (Fsp3) is 0. The second kappa shape index (κ2) is 3.92. The van der Waals surface area contributed by atoms with E-state index >= 15 is 0 Å². The summed E-state index contributed by atoms with van der Waals surface area (Å²) in [5.74, 6) is 0. The summed E-state index contributed by atoms with van der Waals surface area (Å²) >= 11 is 0. The maximum absolute atomic E-state index is 9.75. The lowest BCUT2D eigenvalue weighted by atomic mass is 10.3. The number of aromatic amines is 1. The first-order chi connectivity index (χ1) is 4.50. The molecule has 0 atom stereocenters. The molecule has 1 N–H and O–H groups in total. The summed E-state index contributed by atoms with van der Waals surface area (Å²) in [6.07, 6.45) is 3.46. The van der Waals surface area contributed by atoms with E-state index < -0.39 is 7.25 Å². The molecular formula is C3H4BF4N2-. The summed E-state index contributed by atoms with van der Waals surface area (Å²) < 4.78 is 39.0. The van der Waals surface area contributed by atoms with Crippen molar-refractivity contribution in [3.05, 3.63) is 18.5 Å². The van der Waals surface area contributed by atoms with Crippen molar-refractivity contribution in [3.8, 4) is 0 Å². The van der Waals surface area contributed by atoms with Crippen molar-refractivity contribution in [2.75, 3.05) is 0 Å². The van der Waals surface area contributed by atoms with Gasteiger partial charge in [0.25, 0.3) is 0 Å². The van der Waals surface area contributed by atoms with E-state index in [0.717, 1.165) is 0 Å².